The lowest BCUT2D eigenvalue weighted by atomic mass is 10.2. The molecule has 0 atom stereocenters. The van der Waals surface area contributed by atoms with Gasteiger partial charge in [-0.05, 0) is 0 Å². The molecule has 0 N–H and O–H groups in total. The van der Waals surface area contributed by atoms with Crippen LogP contribution < -0.4 is 0 Å². The van der Waals surface area contributed by atoms with Gasteiger partial charge in [0.05, 0.1) is 19.0 Å². The van der Waals surface area contributed by atoms with Crippen molar-refractivity contribution in [3.8, 4) is 0 Å². The highest BCUT2D eigenvalue weighted by molar-refractivity contribution is 7.90. The van der Waals surface area contributed by atoms with Gasteiger partial charge in [-0.25, -0.2) is 8.42 Å². The molecule has 1 aliphatic rings. The van der Waals surface area contributed by atoms with Crippen LogP contribution in [0.2, 0.25) is 0 Å². The van der Waals surface area contributed by atoms with Gasteiger partial charge in [0, 0.05) is 12.2 Å². The van der Waals surface area contributed by atoms with Gasteiger partial charge in [0.2, 0.25) is 0 Å². The summed E-state index contributed by atoms with van der Waals surface area (Å²) in [6.07, 6.45) is 1.22. The summed E-state index contributed by atoms with van der Waals surface area (Å²) in [6, 6.07) is 0. The first-order chi connectivity index (χ1) is 5.08. The van der Waals surface area contributed by atoms with E-state index in [0.29, 0.717) is 20.0 Å². The average Bonchev–Trinajstić information content (AvgIpc) is 1.85. The maximum absolute atomic E-state index is 10.8. The topological polar surface area (TPSA) is 52.6 Å². The molecule has 1 heterocycles. The Labute approximate surface area is 66.4 Å². The maximum atomic E-state index is 10.8. The van der Waals surface area contributed by atoms with E-state index in [1.807, 2.05) is 0 Å². The van der Waals surface area contributed by atoms with Crippen molar-refractivity contribution in [3.05, 3.63) is 0 Å². The average molecular weight is 180 g/mol. The van der Waals surface area contributed by atoms with Crippen LogP contribution in [-0.4, -0.2) is 40.4 Å². The molecule has 0 amide bonds. The van der Waals surface area contributed by atoms with Gasteiger partial charge in [-0.15, -0.1) is 0 Å². The second-order valence-electron chi connectivity index (χ2n) is 2.82. The molecular weight excluding hydrogens is 168 g/mol. The van der Waals surface area contributed by atoms with Crippen molar-refractivity contribution in [2.75, 3.05) is 32.0 Å². The normalized spacial score (nSPS) is 21.9. The zero-order valence-corrected chi connectivity index (χ0v) is 7.26. The van der Waals surface area contributed by atoms with E-state index in [4.69, 9.17) is 9.47 Å². The Morgan fingerprint density at radius 2 is 1.91 bits per heavy atom. The van der Waals surface area contributed by atoms with Gasteiger partial charge in [-0.2, -0.15) is 0 Å². The zero-order valence-electron chi connectivity index (χ0n) is 6.45. The molecule has 0 unspecified atom stereocenters. The number of ether oxygens (including phenoxy) is 2. The van der Waals surface area contributed by atoms with Crippen LogP contribution in [0.3, 0.4) is 0 Å². The van der Waals surface area contributed by atoms with Gasteiger partial charge in [-0.1, -0.05) is 0 Å². The van der Waals surface area contributed by atoms with Crippen molar-refractivity contribution in [2.24, 2.45) is 5.92 Å². The zero-order chi connectivity index (χ0) is 8.32. The first-order valence-corrected chi connectivity index (χ1v) is 5.47. The van der Waals surface area contributed by atoms with Crippen molar-refractivity contribution in [1.29, 1.82) is 0 Å². The van der Waals surface area contributed by atoms with Crippen LogP contribution in [0, 0.1) is 5.92 Å². The van der Waals surface area contributed by atoms with Crippen LogP contribution in [0.15, 0.2) is 0 Å². The van der Waals surface area contributed by atoms with E-state index in [1.165, 1.54) is 6.26 Å². The van der Waals surface area contributed by atoms with E-state index in [2.05, 4.69) is 0 Å². The van der Waals surface area contributed by atoms with Crippen molar-refractivity contribution in [3.63, 3.8) is 0 Å². The van der Waals surface area contributed by atoms with Crippen molar-refractivity contribution in [1.82, 2.24) is 0 Å². The summed E-state index contributed by atoms with van der Waals surface area (Å²) < 4.78 is 31.5. The van der Waals surface area contributed by atoms with Gasteiger partial charge in [0.15, 0.2) is 0 Å². The van der Waals surface area contributed by atoms with E-state index in [1.54, 1.807) is 0 Å². The molecule has 0 aromatic rings. The summed E-state index contributed by atoms with van der Waals surface area (Å²) in [6.45, 7) is 1.28. The smallest absolute Gasteiger partial charge is 0.147 e. The molecule has 66 valence electrons. The Bertz CT molecular complexity index is 203. The minimum absolute atomic E-state index is 0.0127. The Morgan fingerprint density at radius 3 is 2.36 bits per heavy atom. The highest BCUT2D eigenvalue weighted by atomic mass is 32.2. The molecule has 1 fully saturated rings. The van der Waals surface area contributed by atoms with Crippen molar-refractivity contribution < 1.29 is 17.9 Å². The van der Waals surface area contributed by atoms with Crippen LogP contribution in [0.25, 0.3) is 0 Å². The van der Waals surface area contributed by atoms with Crippen LogP contribution in [-0.2, 0) is 19.3 Å². The minimum Gasteiger partial charge on any atom is -0.355 e. The fourth-order valence-corrected chi connectivity index (χ4v) is 2.11. The Morgan fingerprint density at radius 1 is 1.36 bits per heavy atom. The third kappa shape index (κ3) is 3.69. The van der Waals surface area contributed by atoms with Crippen LogP contribution in [0.1, 0.15) is 0 Å². The predicted octanol–water partition coefficient (Wildman–Crippen LogP) is -0.349. The molecule has 0 saturated carbocycles. The van der Waals surface area contributed by atoms with E-state index in [-0.39, 0.29) is 11.7 Å². The molecule has 0 aliphatic carbocycles. The van der Waals surface area contributed by atoms with Crippen LogP contribution in [0.4, 0.5) is 0 Å². The second kappa shape index (κ2) is 3.51. The van der Waals surface area contributed by atoms with Crippen LogP contribution in [0.5, 0.6) is 0 Å². The minimum atomic E-state index is -2.88. The van der Waals surface area contributed by atoms with Gasteiger partial charge < -0.3 is 9.47 Å². The predicted molar refractivity (Wildman–Crippen MR) is 40.0 cm³/mol. The highest BCUT2D eigenvalue weighted by Gasteiger charge is 2.18. The Hall–Kier alpha value is -0.130. The largest absolute Gasteiger partial charge is 0.355 e. The molecule has 5 heteroatoms. The molecule has 0 aromatic carbocycles. The molecule has 4 nitrogen and oxygen atoms in total. The molecule has 0 bridgehead atoms. The molecular formula is C6H12O4S. The molecule has 1 aliphatic heterocycles. The summed E-state index contributed by atoms with van der Waals surface area (Å²) in [4.78, 5) is 0. The lowest BCUT2D eigenvalue weighted by Gasteiger charge is -2.21. The molecule has 0 spiro atoms. The van der Waals surface area contributed by atoms with Crippen molar-refractivity contribution >= 4 is 9.84 Å². The first kappa shape index (κ1) is 8.96. The Balaban J connectivity index is 2.36. The standard InChI is InChI=1S/C6H12O4S/c1-11(7,8)4-6-2-9-5-10-3-6/h6H,2-5H2,1H3. The summed E-state index contributed by atoms with van der Waals surface area (Å²) in [5.41, 5.74) is 0. The third-order valence-electron chi connectivity index (χ3n) is 1.41. The first-order valence-electron chi connectivity index (χ1n) is 3.41. The van der Waals surface area contributed by atoms with E-state index in [9.17, 15) is 8.42 Å². The van der Waals surface area contributed by atoms with Gasteiger partial charge in [0.25, 0.3) is 0 Å². The molecule has 0 radical (unpaired) electrons. The molecule has 0 aromatic heterocycles. The molecule has 1 rings (SSSR count). The fraction of sp³-hybridized carbons (Fsp3) is 1.00. The highest BCUT2D eigenvalue weighted by Crippen LogP contribution is 2.07. The number of hydrogen-bond donors (Lipinski definition) is 0. The van der Waals surface area contributed by atoms with Crippen molar-refractivity contribution in [2.45, 2.75) is 0 Å². The van der Waals surface area contributed by atoms with Gasteiger partial charge in [0.1, 0.15) is 16.6 Å². The lowest BCUT2D eigenvalue weighted by Crippen LogP contribution is -2.29. The molecule has 1 saturated heterocycles. The number of rotatable bonds is 2. The summed E-state index contributed by atoms with van der Waals surface area (Å²) in [5.74, 6) is 0.172. The SMILES string of the molecule is CS(=O)(=O)CC1COCOC1. The number of sulfone groups is 1. The van der Waals surface area contributed by atoms with Gasteiger partial charge >= 0.3 is 0 Å². The van der Waals surface area contributed by atoms with Gasteiger partial charge in [-0.3, -0.25) is 0 Å². The number of hydrogen-bond acceptors (Lipinski definition) is 4. The second-order valence-corrected chi connectivity index (χ2v) is 5.00. The fourth-order valence-electron chi connectivity index (χ4n) is 1.06. The third-order valence-corrected chi connectivity index (χ3v) is 2.49. The summed E-state index contributed by atoms with van der Waals surface area (Å²) >= 11 is 0. The Kier molecular flexibility index (Phi) is 2.86. The molecule has 11 heavy (non-hydrogen) atoms. The lowest BCUT2D eigenvalue weighted by molar-refractivity contribution is -0.120. The summed E-state index contributed by atoms with van der Waals surface area (Å²) in [5, 5.41) is 0. The summed E-state index contributed by atoms with van der Waals surface area (Å²) in [7, 11) is -2.88. The van der Waals surface area contributed by atoms with E-state index >= 15 is 0 Å². The monoisotopic (exact) mass is 180 g/mol. The maximum Gasteiger partial charge on any atom is 0.147 e. The van der Waals surface area contributed by atoms with E-state index in [0.717, 1.165) is 0 Å². The van der Waals surface area contributed by atoms with Crippen LogP contribution >= 0.6 is 0 Å². The van der Waals surface area contributed by atoms with E-state index < -0.39 is 9.84 Å². The quantitative estimate of drug-likeness (QED) is 0.583.